The molecule has 0 spiro atoms. The van der Waals surface area contributed by atoms with Crippen LogP contribution >= 0.6 is 11.3 Å². The highest BCUT2D eigenvalue weighted by Gasteiger charge is 2.19. The average molecular weight is 314 g/mol. The molecule has 7 nitrogen and oxygen atoms in total. The minimum absolute atomic E-state index is 0.137. The van der Waals surface area contributed by atoms with Gasteiger partial charge in [-0.2, -0.15) is 0 Å². The lowest BCUT2D eigenvalue weighted by atomic mass is 10.2. The summed E-state index contributed by atoms with van der Waals surface area (Å²) >= 11 is 1.34. The summed E-state index contributed by atoms with van der Waals surface area (Å²) in [6.07, 6.45) is 0.570. The minimum Gasteiger partial charge on any atom is -0.467 e. The summed E-state index contributed by atoms with van der Waals surface area (Å²) in [5, 5.41) is 15.8. The number of methoxy groups -OCH3 is 1. The van der Waals surface area contributed by atoms with Crippen molar-refractivity contribution in [3.63, 3.8) is 0 Å². The van der Waals surface area contributed by atoms with Crippen molar-refractivity contribution in [3.05, 3.63) is 22.4 Å². The molecule has 1 aromatic heterocycles. The van der Waals surface area contributed by atoms with Crippen molar-refractivity contribution in [3.8, 4) is 0 Å². The molecule has 3 N–H and O–H groups in total. The second kappa shape index (κ2) is 9.09. The van der Waals surface area contributed by atoms with Crippen LogP contribution < -0.4 is 10.6 Å². The van der Waals surface area contributed by atoms with E-state index in [-0.39, 0.29) is 18.2 Å². The summed E-state index contributed by atoms with van der Waals surface area (Å²) in [4.78, 5) is 35.0. The lowest BCUT2D eigenvalue weighted by molar-refractivity contribution is -0.146. The summed E-state index contributed by atoms with van der Waals surface area (Å²) in [5.41, 5.74) is 0. The Morgan fingerprint density at radius 3 is 2.76 bits per heavy atom. The first-order chi connectivity index (χ1) is 10.1. The van der Waals surface area contributed by atoms with E-state index in [9.17, 15) is 14.4 Å². The van der Waals surface area contributed by atoms with Crippen LogP contribution in [0, 0.1) is 0 Å². The van der Waals surface area contributed by atoms with Gasteiger partial charge in [-0.05, 0) is 17.9 Å². The van der Waals surface area contributed by atoms with Crippen LogP contribution in [-0.4, -0.2) is 49.2 Å². The molecular weight excluding hydrogens is 296 g/mol. The molecule has 0 aliphatic rings. The Labute approximate surface area is 126 Å². The van der Waals surface area contributed by atoms with E-state index in [0.29, 0.717) is 17.8 Å². The SMILES string of the molecule is COC(=O)C(CO)NC(=O)CCCNC(=O)c1cccs1. The van der Waals surface area contributed by atoms with Crippen molar-refractivity contribution in [2.75, 3.05) is 20.3 Å². The second-order valence-corrected chi connectivity index (χ2v) is 5.11. The third-order valence-electron chi connectivity index (χ3n) is 2.61. The van der Waals surface area contributed by atoms with Gasteiger partial charge in [0.1, 0.15) is 0 Å². The molecule has 8 heteroatoms. The predicted octanol–water partition coefficient (Wildman–Crippen LogP) is -0.0918. The second-order valence-electron chi connectivity index (χ2n) is 4.16. The first kappa shape index (κ1) is 17.1. The van der Waals surface area contributed by atoms with Gasteiger partial charge in [0.15, 0.2) is 6.04 Å². The molecule has 1 rings (SSSR count). The lowest BCUT2D eigenvalue weighted by Gasteiger charge is -2.13. The number of carbonyl (C=O) groups is 3. The fourth-order valence-electron chi connectivity index (χ4n) is 1.53. The maximum absolute atomic E-state index is 11.6. The molecule has 116 valence electrons. The summed E-state index contributed by atoms with van der Waals surface area (Å²) in [6, 6.07) is 2.45. The first-order valence-electron chi connectivity index (χ1n) is 6.38. The molecule has 0 radical (unpaired) electrons. The van der Waals surface area contributed by atoms with Crippen molar-refractivity contribution in [1.29, 1.82) is 0 Å². The molecule has 0 aliphatic carbocycles. The number of hydrogen-bond donors (Lipinski definition) is 3. The first-order valence-corrected chi connectivity index (χ1v) is 7.26. The normalized spacial score (nSPS) is 11.5. The van der Waals surface area contributed by atoms with Crippen LogP contribution in [0.5, 0.6) is 0 Å². The van der Waals surface area contributed by atoms with Gasteiger partial charge in [-0.25, -0.2) is 4.79 Å². The Kier molecular flexibility index (Phi) is 7.41. The standard InChI is InChI=1S/C13H18N2O5S/c1-20-13(19)9(8-16)15-11(17)5-2-6-14-12(18)10-4-3-7-21-10/h3-4,7,9,16H,2,5-6,8H2,1H3,(H,14,18)(H,15,17). The van der Waals surface area contributed by atoms with E-state index in [4.69, 9.17) is 5.11 Å². The van der Waals surface area contributed by atoms with Gasteiger partial charge in [0.05, 0.1) is 18.6 Å². The Morgan fingerprint density at radius 1 is 1.43 bits per heavy atom. The summed E-state index contributed by atoms with van der Waals surface area (Å²) < 4.78 is 4.43. The fraction of sp³-hybridized carbons (Fsp3) is 0.462. The number of nitrogens with one attached hydrogen (secondary N) is 2. The molecule has 1 heterocycles. The van der Waals surface area contributed by atoms with Gasteiger partial charge < -0.3 is 20.5 Å². The van der Waals surface area contributed by atoms with Crippen LogP contribution in [-0.2, 0) is 14.3 Å². The van der Waals surface area contributed by atoms with Crippen LogP contribution in [0.1, 0.15) is 22.5 Å². The lowest BCUT2D eigenvalue weighted by Crippen LogP contribution is -2.44. The van der Waals surface area contributed by atoms with Crippen LogP contribution in [0.2, 0.25) is 0 Å². The number of aliphatic hydroxyl groups excluding tert-OH is 1. The Hall–Kier alpha value is -1.93. The number of ether oxygens (including phenoxy) is 1. The number of aliphatic hydroxyl groups is 1. The Balaban J connectivity index is 2.21. The van der Waals surface area contributed by atoms with Gasteiger partial charge in [0.2, 0.25) is 5.91 Å². The molecule has 0 bridgehead atoms. The molecule has 2 amide bonds. The van der Waals surface area contributed by atoms with Gasteiger partial charge in [-0.1, -0.05) is 6.07 Å². The quantitative estimate of drug-likeness (QED) is 0.459. The molecule has 1 atom stereocenters. The molecule has 0 aliphatic heterocycles. The highest BCUT2D eigenvalue weighted by Crippen LogP contribution is 2.07. The number of thiophene rings is 1. The van der Waals surface area contributed by atoms with Crippen LogP contribution in [0.25, 0.3) is 0 Å². The zero-order chi connectivity index (χ0) is 15.7. The van der Waals surface area contributed by atoms with Crippen molar-refractivity contribution in [2.45, 2.75) is 18.9 Å². The zero-order valence-electron chi connectivity index (χ0n) is 11.6. The van der Waals surface area contributed by atoms with E-state index >= 15 is 0 Å². The Bertz CT molecular complexity index is 475. The monoisotopic (exact) mass is 314 g/mol. The van der Waals surface area contributed by atoms with E-state index in [1.165, 1.54) is 18.4 Å². The zero-order valence-corrected chi connectivity index (χ0v) is 12.4. The summed E-state index contributed by atoms with van der Waals surface area (Å²) in [7, 11) is 1.18. The topological polar surface area (TPSA) is 105 Å². The molecule has 1 unspecified atom stereocenters. The van der Waals surface area contributed by atoms with Crippen LogP contribution in [0.3, 0.4) is 0 Å². The molecular formula is C13H18N2O5S. The average Bonchev–Trinajstić information content (AvgIpc) is 3.02. The maximum Gasteiger partial charge on any atom is 0.330 e. The van der Waals surface area contributed by atoms with E-state index < -0.39 is 18.6 Å². The van der Waals surface area contributed by atoms with Crippen LogP contribution in [0.15, 0.2) is 17.5 Å². The van der Waals surface area contributed by atoms with Gasteiger partial charge >= 0.3 is 5.97 Å². The molecule has 0 aromatic carbocycles. The molecule has 21 heavy (non-hydrogen) atoms. The number of esters is 1. The number of amides is 2. The highest BCUT2D eigenvalue weighted by atomic mass is 32.1. The third-order valence-corrected chi connectivity index (χ3v) is 3.48. The molecule has 0 saturated carbocycles. The van der Waals surface area contributed by atoms with Crippen molar-refractivity contribution in [2.24, 2.45) is 0 Å². The predicted molar refractivity (Wildman–Crippen MR) is 76.9 cm³/mol. The van der Waals surface area contributed by atoms with Gasteiger partial charge in [-0.15, -0.1) is 11.3 Å². The van der Waals surface area contributed by atoms with E-state index in [1.807, 2.05) is 5.38 Å². The smallest absolute Gasteiger partial charge is 0.330 e. The summed E-state index contributed by atoms with van der Waals surface area (Å²) in [6.45, 7) is -0.167. The maximum atomic E-state index is 11.6. The fourth-order valence-corrected chi connectivity index (χ4v) is 2.17. The molecule has 0 saturated heterocycles. The van der Waals surface area contributed by atoms with Crippen molar-refractivity contribution < 1.29 is 24.2 Å². The van der Waals surface area contributed by atoms with Crippen molar-refractivity contribution in [1.82, 2.24) is 10.6 Å². The minimum atomic E-state index is -1.05. The largest absolute Gasteiger partial charge is 0.467 e. The number of rotatable bonds is 8. The Morgan fingerprint density at radius 2 is 2.19 bits per heavy atom. The molecule has 1 aromatic rings. The van der Waals surface area contributed by atoms with E-state index in [1.54, 1.807) is 12.1 Å². The van der Waals surface area contributed by atoms with Gasteiger partial charge in [0, 0.05) is 13.0 Å². The van der Waals surface area contributed by atoms with Gasteiger partial charge in [0.25, 0.3) is 5.91 Å². The van der Waals surface area contributed by atoms with E-state index in [0.717, 1.165) is 0 Å². The molecule has 0 fully saturated rings. The van der Waals surface area contributed by atoms with Crippen LogP contribution in [0.4, 0.5) is 0 Å². The third kappa shape index (κ3) is 5.92. The number of carbonyl (C=O) groups excluding carboxylic acids is 3. The van der Waals surface area contributed by atoms with Crippen molar-refractivity contribution >= 4 is 29.1 Å². The van der Waals surface area contributed by atoms with E-state index in [2.05, 4.69) is 15.4 Å². The van der Waals surface area contributed by atoms with Gasteiger partial charge in [-0.3, -0.25) is 9.59 Å². The number of hydrogen-bond acceptors (Lipinski definition) is 6. The highest BCUT2D eigenvalue weighted by molar-refractivity contribution is 7.12. The summed E-state index contributed by atoms with van der Waals surface area (Å²) in [5.74, 6) is -1.25.